The number of aryl methyl sites for hydroxylation is 7. The number of aromatic nitrogens is 6. The fraction of sp³-hybridized carbons (Fsp3) is 0.632. The molecule has 108 heavy (non-hydrogen) atoms. The molecule has 4 atom stereocenters. The Bertz CT molecular complexity index is 3690. The molecule has 19 nitrogen and oxygen atoms in total. The highest BCUT2D eigenvalue weighted by Gasteiger charge is 2.34. The van der Waals surface area contributed by atoms with Crippen LogP contribution >= 0.6 is 22.7 Å². The van der Waals surface area contributed by atoms with Crippen molar-refractivity contribution in [2.45, 2.75) is 184 Å². The van der Waals surface area contributed by atoms with E-state index in [1.807, 2.05) is 80.6 Å². The molecule has 21 heteroatoms. The van der Waals surface area contributed by atoms with Gasteiger partial charge in [0, 0.05) is 201 Å². The van der Waals surface area contributed by atoms with Crippen LogP contribution in [0.4, 0.5) is 38.8 Å². The Kier molecular flexibility index (Phi) is 30.6. The topological polar surface area (TPSA) is 119 Å². The Morgan fingerprint density at radius 2 is 0.778 bits per heavy atom. The van der Waals surface area contributed by atoms with Gasteiger partial charge in [-0.25, -0.2) is 15.0 Å². The minimum atomic E-state index is 0.408. The maximum Gasteiger partial charge on any atom is 0.147 e. The van der Waals surface area contributed by atoms with E-state index in [1.54, 1.807) is 0 Å². The van der Waals surface area contributed by atoms with Gasteiger partial charge in [-0.2, -0.15) is 0 Å². The molecule has 0 radical (unpaired) electrons. The van der Waals surface area contributed by atoms with Crippen molar-refractivity contribution in [2.24, 2.45) is 5.41 Å². The van der Waals surface area contributed by atoms with Gasteiger partial charge in [0.2, 0.25) is 0 Å². The van der Waals surface area contributed by atoms with Crippen LogP contribution in [0.1, 0.15) is 137 Å². The maximum absolute atomic E-state index is 4.48. The Balaban J connectivity index is 0.000000126. The van der Waals surface area contributed by atoms with Gasteiger partial charge >= 0.3 is 0 Å². The first-order valence-corrected chi connectivity index (χ1v) is 42.9. The number of anilines is 7. The molecule has 0 bridgehead atoms. The van der Waals surface area contributed by atoms with Crippen molar-refractivity contribution < 1.29 is 0 Å². The van der Waals surface area contributed by atoms with Gasteiger partial charge in [-0.05, 0) is 202 Å². The highest BCUT2D eigenvalue weighted by molar-refractivity contribution is 7.16. The molecule has 0 N–H and O–H groups in total. The highest BCUT2D eigenvalue weighted by Crippen LogP contribution is 2.34. The van der Waals surface area contributed by atoms with Gasteiger partial charge in [-0.15, -0.1) is 22.7 Å². The number of piperazine rings is 6. The normalized spacial score (nSPS) is 23.2. The van der Waals surface area contributed by atoms with E-state index < -0.39 is 0 Å². The third-order valence-electron chi connectivity index (χ3n) is 24.0. The first-order chi connectivity index (χ1) is 52.0. The lowest BCUT2D eigenvalue weighted by Crippen LogP contribution is -2.55. The summed E-state index contributed by atoms with van der Waals surface area (Å²) in [5.74, 6) is 3.09. The Morgan fingerprint density at radius 1 is 0.343 bits per heavy atom. The van der Waals surface area contributed by atoms with E-state index in [4.69, 9.17) is 0 Å². The van der Waals surface area contributed by atoms with Gasteiger partial charge in [-0.1, -0.05) is 62.1 Å². The van der Waals surface area contributed by atoms with Crippen LogP contribution in [-0.2, 0) is 0 Å². The zero-order valence-electron chi connectivity index (χ0n) is 69.0. The second-order valence-electron chi connectivity index (χ2n) is 33.5. The van der Waals surface area contributed by atoms with Crippen LogP contribution in [0.15, 0.2) is 110 Å². The number of likely N-dealkylation sites (N-methyl/N-ethyl adjacent to an activating group) is 3. The molecule has 8 aliphatic heterocycles. The first kappa shape index (κ1) is 82.4. The lowest BCUT2D eigenvalue weighted by molar-refractivity contribution is 0.120. The van der Waals surface area contributed by atoms with Crippen LogP contribution in [-0.4, -0.2) is 267 Å². The third-order valence-corrected chi connectivity index (χ3v) is 26.1. The molecule has 17 rings (SSSR count). The molecule has 4 unspecified atom stereocenters. The van der Waals surface area contributed by atoms with Crippen molar-refractivity contribution in [1.29, 1.82) is 0 Å². The fourth-order valence-corrected chi connectivity index (χ4v) is 17.9. The minimum Gasteiger partial charge on any atom is -0.369 e. The number of hydrogen-bond acceptors (Lipinski definition) is 21. The zero-order valence-corrected chi connectivity index (χ0v) is 70.6. The van der Waals surface area contributed by atoms with Crippen molar-refractivity contribution in [2.75, 3.05) is 206 Å². The number of benzene rings is 2. The molecule has 8 saturated heterocycles. The van der Waals surface area contributed by atoms with Crippen LogP contribution in [0.25, 0.3) is 0 Å². The number of nitrogens with zero attached hydrogens (tertiary/aromatic N) is 19. The van der Waals surface area contributed by atoms with E-state index in [0.29, 0.717) is 23.5 Å². The number of rotatable bonds is 9. The number of thiophene rings is 2. The average molecular weight is 1510 g/mol. The van der Waals surface area contributed by atoms with Gasteiger partial charge in [0.05, 0.1) is 64.3 Å². The molecule has 2 aromatic carbocycles. The SMILES string of the molecule is Cc1ccc(N2CC(C)N(C)C(C)C2)cc1.Cc1ccc(N2CCN(C)C(C)C2)s1.Cc1ccc(N2CCN(C)CC2)s1.Cc1ccc(N2CCN(C3CCC3)CC2)cc1.Cc1cnc(N2CCCC(C)(C)C2)cn1.Cc1cnc(N2CCN(C3CC3)CC2)cn1.Cc1cnc(N2CCN3CCCCC3C2)cn1. The van der Waals surface area contributed by atoms with Gasteiger partial charge in [-0.3, -0.25) is 34.6 Å². The third kappa shape index (κ3) is 24.7. The summed E-state index contributed by atoms with van der Waals surface area (Å²) in [5, 5.41) is 2.87. The number of hydrogen-bond donors (Lipinski definition) is 0. The van der Waals surface area contributed by atoms with E-state index in [0.717, 1.165) is 112 Å². The van der Waals surface area contributed by atoms with E-state index in [1.165, 1.54) is 198 Å². The lowest BCUT2D eigenvalue weighted by atomic mass is 9.84. The molecule has 0 spiro atoms. The fourth-order valence-electron chi connectivity index (χ4n) is 16.1. The minimum absolute atomic E-state index is 0.408. The van der Waals surface area contributed by atoms with E-state index in [9.17, 15) is 0 Å². The second kappa shape index (κ2) is 40.1. The maximum atomic E-state index is 4.48. The van der Waals surface area contributed by atoms with Crippen molar-refractivity contribution in [3.63, 3.8) is 0 Å². The molecule has 10 fully saturated rings. The zero-order chi connectivity index (χ0) is 76.3. The van der Waals surface area contributed by atoms with Crippen molar-refractivity contribution in [1.82, 2.24) is 59.3 Å². The molecule has 7 aromatic rings. The van der Waals surface area contributed by atoms with Crippen LogP contribution in [0.2, 0.25) is 0 Å². The Morgan fingerprint density at radius 3 is 1.24 bits per heavy atom. The summed E-state index contributed by atoms with van der Waals surface area (Å²) in [4.78, 5) is 61.4. The highest BCUT2D eigenvalue weighted by atomic mass is 32.1. The quantitative estimate of drug-likeness (QED) is 0.136. The van der Waals surface area contributed by atoms with Crippen molar-refractivity contribution in [3.05, 3.63) is 148 Å². The van der Waals surface area contributed by atoms with Gasteiger partial charge in [0.1, 0.15) is 17.5 Å². The van der Waals surface area contributed by atoms with E-state index >= 15 is 0 Å². The Labute approximate surface area is 659 Å². The molecular formula is C87H135N19S2. The predicted molar refractivity (Wildman–Crippen MR) is 459 cm³/mol. The molecule has 2 saturated carbocycles. The summed E-state index contributed by atoms with van der Waals surface area (Å²) in [5.41, 5.74) is 8.80. The lowest BCUT2D eigenvalue weighted by Gasteiger charge is -2.44. The van der Waals surface area contributed by atoms with E-state index in [-0.39, 0.29) is 0 Å². The molecule has 5 aromatic heterocycles. The molecule has 590 valence electrons. The van der Waals surface area contributed by atoms with Crippen molar-refractivity contribution >= 4 is 61.5 Å². The summed E-state index contributed by atoms with van der Waals surface area (Å²) in [6, 6.07) is 31.2. The number of piperidine rings is 2. The first-order valence-electron chi connectivity index (χ1n) is 41.2. The molecule has 10 aliphatic rings. The summed E-state index contributed by atoms with van der Waals surface area (Å²) >= 11 is 3.81. The van der Waals surface area contributed by atoms with Crippen LogP contribution in [0.5, 0.6) is 0 Å². The summed E-state index contributed by atoms with van der Waals surface area (Å²) < 4.78 is 0. The van der Waals surface area contributed by atoms with Crippen LogP contribution in [0.3, 0.4) is 0 Å². The van der Waals surface area contributed by atoms with Crippen LogP contribution in [0, 0.1) is 53.9 Å². The number of fused-ring (bicyclic) bond motifs is 1. The monoisotopic (exact) mass is 1510 g/mol. The van der Waals surface area contributed by atoms with Gasteiger partial charge in [0.15, 0.2) is 0 Å². The molecule has 13 heterocycles. The van der Waals surface area contributed by atoms with Crippen molar-refractivity contribution in [3.8, 4) is 0 Å². The molecule has 2 aliphatic carbocycles. The van der Waals surface area contributed by atoms with Gasteiger partial charge in [0.25, 0.3) is 0 Å². The van der Waals surface area contributed by atoms with E-state index in [2.05, 4.69) is 250 Å². The molecular weight excluding hydrogens is 1380 g/mol. The average Bonchev–Trinajstić information content (AvgIpc) is 1.46. The molecule has 0 amide bonds. The summed E-state index contributed by atoms with van der Waals surface area (Å²) in [7, 11) is 6.63. The second-order valence-corrected chi connectivity index (χ2v) is 36.0. The largest absolute Gasteiger partial charge is 0.369 e. The summed E-state index contributed by atoms with van der Waals surface area (Å²) in [6.07, 6.45) is 25.0. The smallest absolute Gasteiger partial charge is 0.147 e. The Hall–Kier alpha value is -6.56. The predicted octanol–water partition coefficient (Wildman–Crippen LogP) is 14.1. The summed E-state index contributed by atoms with van der Waals surface area (Å²) in [6.45, 7) is 52.9. The standard InChI is InChI=1S/C15H22N2.C14H22N2.C13H20N4.C12H18N4.C12H19N3.C11H18N2S.C10H16N2S/c1-13-5-7-15(8-6-13)17-11-9-16(10-12-17)14-3-2-4-14;1-11-5-7-14(8-6-11)16-9-12(2)15(4)13(3)10-16;1-11-8-15-13(9-14-11)17-7-6-16-5-3-2-4-12(16)10-17;1-10-8-14-12(9-13-10)16-6-4-15(5-7-16)11-2-3-11;1-10-7-14-11(8-13-10)15-6-4-5-12(2,3)9-15;1-9-8-13(7-6-12(9)3)11-5-4-10(2)14-11;1-9-3-4-10(13-9)12-7-5-11(2)6-8-12/h5-8,14H,2-4,9-12H2,1H3;5-8,12-13H,9-10H2,1-4H3;8-9,12H,2-7,10H2,1H3;8-9,11H,2-7H2,1H3;7-8H,4-6,9H2,1-3H3;4-5,9H,6-8H2,1-3H3;3-4H,5-8H2,1-2H3. The van der Waals surface area contributed by atoms with Crippen LogP contribution < -0.4 is 34.3 Å². The van der Waals surface area contributed by atoms with Gasteiger partial charge < -0.3 is 44.1 Å².